The number of hydrogen-bond acceptors (Lipinski definition) is 5. The van der Waals surface area contributed by atoms with Crippen molar-refractivity contribution in [2.45, 2.75) is 13.5 Å². The average Bonchev–Trinajstić information content (AvgIpc) is 2.73. The van der Waals surface area contributed by atoms with Gasteiger partial charge in [-0.15, -0.1) is 0 Å². The molecule has 0 spiro atoms. The van der Waals surface area contributed by atoms with Gasteiger partial charge < -0.3 is 4.74 Å². The van der Waals surface area contributed by atoms with Crippen LogP contribution in [0.15, 0.2) is 24.3 Å². The van der Waals surface area contributed by atoms with Crippen molar-refractivity contribution in [3.05, 3.63) is 50.8 Å². The zero-order valence-electron chi connectivity index (χ0n) is 11.9. The van der Waals surface area contributed by atoms with Gasteiger partial charge in [-0.2, -0.15) is 5.10 Å². The van der Waals surface area contributed by atoms with Crippen LogP contribution < -0.4 is 5.32 Å². The molecule has 0 fully saturated rings. The van der Waals surface area contributed by atoms with Crippen LogP contribution in [0.2, 0.25) is 5.02 Å². The molecule has 2 aromatic rings. The average molecular weight is 325 g/mol. The Labute approximate surface area is 130 Å². The molecular formula is C13H13ClN4O4. The van der Waals surface area contributed by atoms with Gasteiger partial charge in [-0.05, 0) is 31.2 Å². The van der Waals surface area contributed by atoms with Crippen LogP contribution in [-0.2, 0) is 18.4 Å². The molecule has 8 nitrogen and oxygen atoms in total. The van der Waals surface area contributed by atoms with E-state index in [4.69, 9.17) is 16.3 Å². The monoisotopic (exact) mass is 324 g/mol. The van der Waals surface area contributed by atoms with Gasteiger partial charge in [0.25, 0.3) is 0 Å². The number of carbonyl (C=O) groups excluding carboxylic acids is 1. The second kappa shape index (κ2) is 6.44. The number of benzene rings is 1. The van der Waals surface area contributed by atoms with Crippen LogP contribution in [0.25, 0.3) is 0 Å². The quantitative estimate of drug-likeness (QED) is 0.688. The minimum atomic E-state index is -0.726. The first-order valence-electron chi connectivity index (χ1n) is 6.24. The van der Waals surface area contributed by atoms with E-state index >= 15 is 0 Å². The van der Waals surface area contributed by atoms with Gasteiger partial charge >= 0.3 is 11.8 Å². The first-order valence-corrected chi connectivity index (χ1v) is 6.62. The lowest BCUT2D eigenvalue weighted by Crippen LogP contribution is -2.15. The van der Waals surface area contributed by atoms with Crippen molar-refractivity contribution in [3.63, 3.8) is 0 Å². The molecule has 2 rings (SSSR count). The van der Waals surface area contributed by atoms with Gasteiger partial charge in [0.2, 0.25) is 0 Å². The number of rotatable bonds is 4. The Morgan fingerprint density at radius 3 is 2.68 bits per heavy atom. The Balaban J connectivity index is 2.02. The number of amides is 1. The summed E-state index contributed by atoms with van der Waals surface area (Å²) in [4.78, 5) is 22.2. The maximum atomic E-state index is 11.7. The minimum Gasteiger partial charge on any atom is -0.443 e. The highest BCUT2D eigenvalue weighted by Crippen LogP contribution is 2.23. The number of nitro groups is 1. The topological polar surface area (TPSA) is 99.3 Å². The highest BCUT2D eigenvalue weighted by atomic mass is 35.5. The summed E-state index contributed by atoms with van der Waals surface area (Å²) in [6, 6.07) is 6.46. The molecule has 1 N–H and O–H groups in total. The highest BCUT2D eigenvalue weighted by Gasteiger charge is 2.24. The van der Waals surface area contributed by atoms with E-state index in [0.717, 1.165) is 0 Å². The summed E-state index contributed by atoms with van der Waals surface area (Å²) in [5.41, 5.74) is 0.838. The molecule has 0 atom stereocenters. The SMILES string of the molecule is Cc1nn(C)c(COC(=O)Nc2ccc(Cl)cc2)c1[N+](=O)[O-]. The lowest BCUT2D eigenvalue weighted by atomic mass is 10.3. The first kappa shape index (κ1) is 15.8. The fourth-order valence-electron chi connectivity index (χ4n) is 1.92. The Morgan fingerprint density at radius 1 is 1.45 bits per heavy atom. The fourth-order valence-corrected chi connectivity index (χ4v) is 2.04. The maximum absolute atomic E-state index is 11.7. The summed E-state index contributed by atoms with van der Waals surface area (Å²) in [5.74, 6) is 0. The van der Waals surface area contributed by atoms with Crippen molar-refractivity contribution < 1.29 is 14.5 Å². The Hall–Kier alpha value is -2.61. The lowest BCUT2D eigenvalue weighted by molar-refractivity contribution is -0.386. The van der Waals surface area contributed by atoms with Gasteiger partial charge in [-0.3, -0.25) is 20.1 Å². The summed E-state index contributed by atoms with van der Waals surface area (Å²) in [6.07, 6.45) is -0.726. The molecule has 22 heavy (non-hydrogen) atoms. The van der Waals surface area contributed by atoms with Crippen LogP contribution in [0.5, 0.6) is 0 Å². The van der Waals surface area contributed by atoms with E-state index in [-0.39, 0.29) is 23.7 Å². The van der Waals surface area contributed by atoms with Gasteiger partial charge in [-0.1, -0.05) is 11.6 Å². The standard InChI is InChI=1S/C13H13ClN4O4/c1-8-12(18(20)21)11(17(2)16-8)7-22-13(19)15-10-5-3-9(14)4-6-10/h3-6H,7H2,1-2H3,(H,15,19). The van der Waals surface area contributed by atoms with Gasteiger partial charge in [0, 0.05) is 17.8 Å². The van der Waals surface area contributed by atoms with Crippen molar-refractivity contribution in [1.29, 1.82) is 0 Å². The Bertz CT molecular complexity index is 712. The predicted octanol–water partition coefficient (Wildman–Crippen LogP) is 3.04. The molecule has 0 radical (unpaired) electrons. The zero-order valence-corrected chi connectivity index (χ0v) is 12.6. The van der Waals surface area contributed by atoms with E-state index in [1.807, 2.05) is 0 Å². The first-order chi connectivity index (χ1) is 10.4. The molecule has 1 amide bonds. The minimum absolute atomic E-state index is 0.151. The molecule has 1 heterocycles. The Kier molecular flexibility index (Phi) is 4.62. The molecule has 0 bridgehead atoms. The van der Waals surface area contributed by atoms with E-state index < -0.39 is 11.0 Å². The second-order valence-corrected chi connectivity index (χ2v) is 4.91. The van der Waals surface area contributed by atoms with E-state index in [0.29, 0.717) is 10.7 Å². The highest BCUT2D eigenvalue weighted by molar-refractivity contribution is 6.30. The summed E-state index contributed by atoms with van der Waals surface area (Å²) in [7, 11) is 1.55. The van der Waals surface area contributed by atoms with Crippen LogP contribution in [0, 0.1) is 17.0 Å². The Morgan fingerprint density at radius 2 is 2.09 bits per heavy atom. The van der Waals surface area contributed by atoms with Crippen molar-refractivity contribution in [2.24, 2.45) is 7.05 Å². The molecule has 116 valence electrons. The van der Waals surface area contributed by atoms with E-state index in [9.17, 15) is 14.9 Å². The van der Waals surface area contributed by atoms with Crippen molar-refractivity contribution >= 4 is 29.1 Å². The molecule has 0 aliphatic rings. The largest absolute Gasteiger partial charge is 0.443 e. The molecule has 0 saturated heterocycles. The third-order valence-electron chi connectivity index (χ3n) is 2.92. The molecule has 1 aromatic carbocycles. The van der Waals surface area contributed by atoms with Crippen LogP contribution in [-0.4, -0.2) is 20.8 Å². The third kappa shape index (κ3) is 3.53. The van der Waals surface area contributed by atoms with Gasteiger partial charge in [0.15, 0.2) is 5.69 Å². The zero-order chi connectivity index (χ0) is 16.3. The summed E-state index contributed by atoms with van der Waals surface area (Å²) >= 11 is 5.74. The smallest absolute Gasteiger partial charge is 0.412 e. The number of aryl methyl sites for hydroxylation is 2. The summed E-state index contributed by atoms with van der Waals surface area (Å²) in [6.45, 7) is 1.27. The number of ether oxygens (including phenoxy) is 1. The number of aromatic nitrogens is 2. The number of hydrogen-bond donors (Lipinski definition) is 1. The van der Waals surface area contributed by atoms with Crippen LogP contribution in [0.1, 0.15) is 11.4 Å². The molecule has 0 unspecified atom stereocenters. The third-order valence-corrected chi connectivity index (χ3v) is 3.17. The molecular weight excluding hydrogens is 312 g/mol. The van der Waals surface area contributed by atoms with E-state index in [1.165, 1.54) is 11.6 Å². The molecule has 9 heteroatoms. The van der Waals surface area contributed by atoms with Gasteiger partial charge in [-0.25, -0.2) is 4.79 Å². The van der Waals surface area contributed by atoms with Crippen LogP contribution in [0.4, 0.5) is 16.2 Å². The summed E-state index contributed by atoms with van der Waals surface area (Å²) < 4.78 is 6.32. The van der Waals surface area contributed by atoms with Gasteiger partial charge in [0.1, 0.15) is 12.3 Å². The molecule has 0 aliphatic carbocycles. The van der Waals surface area contributed by atoms with Gasteiger partial charge in [0.05, 0.1) is 4.92 Å². The predicted molar refractivity (Wildman–Crippen MR) is 79.9 cm³/mol. The van der Waals surface area contributed by atoms with Crippen molar-refractivity contribution in [3.8, 4) is 0 Å². The number of halogens is 1. The van der Waals surface area contributed by atoms with Crippen molar-refractivity contribution in [1.82, 2.24) is 9.78 Å². The lowest BCUT2D eigenvalue weighted by Gasteiger charge is -2.07. The molecule has 0 saturated carbocycles. The number of anilines is 1. The summed E-state index contributed by atoms with van der Waals surface area (Å²) in [5, 5.41) is 18.0. The molecule has 1 aromatic heterocycles. The van der Waals surface area contributed by atoms with Crippen LogP contribution >= 0.6 is 11.6 Å². The number of nitrogens with zero attached hydrogens (tertiary/aromatic N) is 3. The van der Waals surface area contributed by atoms with E-state index in [2.05, 4.69) is 10.4 Å². The van der Waals surface area contributed by atoms with Crippen LogP contribution in [0.3, 0.4) is 0 Å². The van der Waals surface area contributed by atoms with Crippen molar-refractivity contribution in [2.75, 3.05) is 5.32 Å². The second-order valence-electron chi connectivity index (χ2n) is 4.47. The fraction of sp³-hybridized carbons (Fsp3) is 0.231. The molecule has 0 aliphatic heterocycles. The van der Waals surface area contributed by atoms with E-state index in [1.54, 1.807) is 31.3 Å². The maximum Gasteiger partial charge on any atom is 0.412 e. The number of carbonyl (C=O) groups is 1. The number of nitrogens with one attached hydrogen (secondary N) is 1. The normalized spacial score (nSPS) is 10.3.